The maximum atomic E-state index is 9.52. The lowest BCUT2D eigenvalue weighted by Crippen LogP contribution is -2.56. The third-order valence-electron chi connectivity index (χ3n) is 5.03. The highest BCUT2D eigenvalue weighted by Gasteiger charge is 2.30. The van der Waals surface area contributed by atoms with Crippen LogP contribution in [0.4, 0.5) is 11.5 Å². The number of H-pyrrole nitrogens is 1. The van der Waals surface area contributed by atoms with E-state index in [9.17, 15) is 5.26 Å². The smallest absolute Gasteiger partial charge is 0.223 e. The Labute approximate surface area is 177 Å². The van der Waals surface area contributed by atoms with Gasteiger partial charge in [-0.05, 0) is 37.6 Å². The SMILES string of the molecule is Cc1c[nH]c2ncnc(N(C(=NC#N)N3CCNC[C@@H]3C)c3cccc(Br)c3)c12. The van der Waals surface area contributed by atoms with Gasteiger partial charge in [-0.15, -0.1) is 4.99 Å². The van der Waals surface area contributed by atoms with E-state index >= 15 is 0 Å². The summed E-state index contributed by atoms with van der Waals surface area (Å²) in [5.41, 5.74) is 2.64. The fourth-order valence-corrected chi connectivity index (χ4v) is 4.03. The number of aliphatic imine (C=N–C) groups is 1. The first-order chi connectivity index (χ1) is 14.1. The van der Waals surface area contributed by atoms with Crippen molar-refractivity contribution >= 4 is 44.4 Å². The number of aromatic amines is 1. The third-order valence-corrected chi connectivity index (χ3v) is 5.53. The summed E-state index contributed by atoms with van der Waals surface area (Å²) in [6.07, 6.45) is 5.44. The quantitative estimate of drug-likeness (QED) is 0.351. The number of nitriles is 1. The second kappa shape index (κ2) is 8.19. The van der Waals surface area contributed by atoms with E-state index < -0.39 is 0 Å². The van der Waals surface area contributed by atoms with Gasteiger partial charge in [-0.3, -0.25) is 4.90 Å². The summed E-state index contributed by atoms with van der Waals surface area (Å²) < 4.78 is 0.931. The van der Waals surface area contributed by atoms with E-state index in [0.29, 0.717) is 11.8 Å². The molecule has 0 saturated carbocycles. The van der Waals surface area contributed by atoms with Gasteiger partial charge in [-0.25, -0.2) is 9.97 Å². The number of guanidine groups is 1. The van der Waals surface area contributed by atoms with E-state index in [4.69, 9.17) is 0 Å². The van der Waals surface area contributed by atoms with Crippen LogP contribution in [0.25, 0.3) is 11.0 Å². The van der Waals surface area contributed by atoms with Gasteiger partial charge in [-0.1, -0.05) is 22.0 Å². The number of nitrogens with zero attached hydrogens (tertiary/aromatic N) is 6. The number of halogens is 1. The Morgan fingerprint density at radius 2 is 2.28 bits per heavy atom. The molecule has 4 rings (SSSR count). The largest absolute Gasteiger partial charge is 0.346 e. The van der Waals surface area contributed by atoms with Crippen molar-refractivity contribution in [3.05, 3.63) is 46.8 Å². The van der Waals surface area contributed by atoms with Crippen LogP contribution in [0.15, 0.2) is 46.3 Å². The van der Waals surface area contributed by atoms with E-state index in [1.807, 2.05) is 48.5 Å². The van der Waals surface area contributed by atoms with Crippen LogP contribution in [0.5, 0.6) is 0 Å². The molecule has 1 fully saturated rings. The molecule has 0 amide bonds. The van der Waals surface area contributed by atoms with Crippen molar-refractivity contribution < 1.29 is 0 Å². The van der Waals surface area contributed by atoms with Crippen molar-refractivity contribution in [2.24, 2.45) is 4.99 Å². The fourth-order valence-electron chi connectivity index (χ4n) is 3.64. The topological polar surface area (TPSA) is 96.2 Å². The Balaban J connectivity index is 1.96. The number of anilines is 2. The van der Waals surface area contributed by atoms with Crippen LogP contribution in [0.2, 0.25) is 0 Å². The van der Waals surface area contributed by atoms with E-state index in [0.717, 1.165) is 46.4 Å². The molecular weight excluding hydrogens is 432 g/mol. The van der Waals surface area contributed by atoms with Gasteiger partial charge in [-0.2, -0.15) is 5.26 Å². The molecule has 29 heavy (non-hydrogen) atoms. The fraction of sp³-hybridized carbons (Fsp3) is 0.300. The monoisotopic (exact) mass is 452 g/mol. The van der Waals surface area contributed by atoms with Gasteiger partial charge in [0.1, 0.15) is 12.0 Å². The van der Waals surface area contributed by atoms with Gasteiger partial charge < -0.3 is 15.2 Å². The maximum Gasteiger partial charge on any atom is 0.223 e. The predicted octanol–water partition coefficient (Wildman–Crippen LogP) is 3.30. The minimum Gasteiger partial charge on any atom is -0.346 e. The first-order valence-corrected chi connectivity index (χ1v) is 10.2. The van der Waals surface area contributed by atoms with E-state index in [1.165, 1.54) is 6.33 Å². The van der Waals surface area contributed by atoms with Crippen molar-refractivity contribution in [1.29, 1.82) is 5.26 Å². The van der Waals surface area contributed by atoms with Crippen LogP contribution in [0.3, 0.4) is 0 Å². The summed E-state index contributed by atoms with van der Waals surface area (Å²) >= 11 is 3.56. The van der Waals surface area contributed by atoms with Gasteiger partial charge in [0.2, 0.25) is 12.2 Å². The van der Waals surface area contributed by atoms with Crippen molar-refractivity contribution in [1.82, 2.24) is 25.2 Å². The lowest BCUT2D eigenvalue weighted by atomic mass is 10.2. The molecule has 2 N–H and O–H groups in total. The lowest BCUT2D eigenvalue weighted by molar-refractivity contribution is 0.271. The van der Waals surface area contributed by atoms with Crippen LogP contribution in [0, 0.1) is 18.4 Å². The molecule has 1 aliphatic heterocycles. The van der Waals surface area contributed by atoms with Crippen molar-refractivity contribution in [2.45, 2.75) is 19.9 Å². The van der Waals surface area contributed by atoms with Gasteiger partial charge in [0.05, 0.1) is 11.1 Å². The van der Waals surface area contributed by atoms with Gasteiger partial charge in [0, 0.05) is 36.3 Å². The maximum absolute atomic E-state index is 9.52. The minimum atomic E-state index is 0.176. The van der Waals surface area contributed by atoms with Crippen molar-refractivity contribution in [3.8, 4) is 6.19 Å². The number of hydrogen-bond donors (Lipinski definition) is 2. The number of aryl methyl sites for hydroxylation is 1. The third kappa shape index (κ3) is 3.69. The van der Waals surface area contributed by atoms with Crippen LogP contribution < -0.4 is 10.2 Å². The number of fused-ring (bicyclic) bond motifs is 1. The van der Waals surface area contributed by atoms with Crippen LogP contribution in [-0.4, -0.2) is 51.5 Å². The molecule has 3 heterocycles. The average Bonchev–Trinajstić information content (AvgIpc) is 3.10. The summed E-state index contributed by atoms with van der Waals surface area (Å²) in [5, 5.41) is 13.8. The molecule has 148 valence electrons. The molecule has 1 saturated heterocycles. The molecule has 0 radical (unpaired) electrons. The van der Waals surface area contributed by atoms with E-state index in [1.54, 1.807) is 0 Å². The summed E-state index contributed by atoms with van der Waals surface area (Å²) in [4.78, 5) is 20.5. The number of rotatable bonds is 2. The van der Waals surface area contributed by atoms with E-state index in [-0.39, 0.29) is 6.04 Å². The number of piperazine rings is 1. The number of benzene rings is 1. The number of nitrogens with one attached hydrogen (secondary N) is 2. The average molecular weight is 453 g/mol. The van der Waals surface area contributed by atoms with Crippen molar-refractivity contribution in [2.75, 3.05) is 24.5 Å². The van der Waals surface area contributed by atoms with Crippen LogP contribution in [-0.2, 0) is 0 Å². The zero-order valence-electron chi connectivity index (χ0n) is 16.2. The van der Waals surface area contributed by atoms with E-state index in [2.05, 4.69) is 53.0 Å². The molecule has 0 unspecified atom stereocenters. The molecule has 0 aliphatic carbocycles. The first-order valence-electron chi connectivity index (χ1n) is 9.38. The summed E-state index contributed by atoms with van der Waals surface area (Å²) in [6, 6.07) is 8.08. The molecule has 1 aromatic carbocycles. The van der Waals surface area contributed by atoms with Crippen LogP contribution >= 0.6 is 15.9 Å². The molecule has 1 aliphatic rings. The predicted molar refractivity (Wildman–Crippen MR) is 117 cm³/mol. The highest BCUT2D eigenvalue weighted by Crippen LogP contribution is 2.34. The zero-order valence-corrected chi connectivity index (χ0v) is 17.8. The molecule has 0 bridgehead atoms. The molecule has 0 spiro atoms. The Bertz CT molecular complexity index is 1100. The van der Waals surface area contributed by atoms with Gasteiger partial charge in [0.25, 0.3) is 0 Å². The zero-order chi connectivity index (χ0) is 20.4. The highest BCUT2D eigenvalue weighted by atomic mass is 79.9. The summed E-state index contributed by atoms with van der Waals surface area (Å²) in [7, 11) is 0. The minimum absolute atomic E-state index is 0.176. The summed E-state index contributed by atoms with van der Waals surface area (Å²) in [6.45, 7) is 6.52. The molecule has 2 aromatic heterocycles. The standard InChI is InChI=1S/C20H21BrN8/c1-13-9-24-18-17(13)19(27-12-26-18)29(16-5-3-4-15(21)8-16)20(25-11-22)28-7-6-23-10-14(28)2/h3-5,8-9,12,14,23H,6-7,10H2,1-2H3,(H,24,26,27)/t14-/m0/s1. The lowest BCUT2D eigenvalue weighted by Gasteiger charge is -2.40. The Hall–Kier alpha value is -2.96. The molecule has 9 heteroatoms. The highest BCUT2D eigenvalue weighted by molar-refractivity contribution is 9.10. The van der Waals surface area contributed by atoms with Crippen LogP contribution in [0.1, 0.15) is 12.5 Å². The molecule has 8 nitrogen and oxygen atoms in total. The molecular formula is C20H21BrN8. The second-order valence-electron chi connectivity index (χ2n) is 6.97. The van der Waals surface area contributed by atoms with Crippen molar-refractivity contribution in [3.63, 3.8) is 0 Å². The summed E-state index contributed by atoms with van der Waals surface area (Å²) in [5.74, 6) is 1.24. The van der Waals surface area contributed by atoms with Gasteiger partial charge >= 0.3 is 0 Å². The Kier molecular flexibility index (Phi) is 5.47. The number of hydrogen-bond acceptors (Lipinski definition) is 5. The molecule has 1 atom stereocenters. The normalized spacial score (nSPS) is 17.4. The molecule has 3 aromatic rings. The Morgan fingerprint density at radius 1 is 1.41 bits per heavy atom. The van der Waals surface area contributed by atoms with Gasteiger partial charge in [0.15, 0.2) is 5.82 Å². The Morgan fingerprint density at radius 3 is 3.03 bits per heavy atom. The number of aromatic nitrogens is 3. The first kappa shape index (κ1) is 19.4. The second-order valence-corrected chi connectivity index (χ2v) is 7.88.